The third-order valence-electron chi connectivity index (χ3n) is 2.82. The van der Waals surface area contributed by atoms with Crippen LogP contribution in [-0.4, -0.2) is 14.9 Å². The molecule has 2 amide bonds. The van der Waals surface area contributed by atoms with E-state index in [1.165, 1.54) is 3.11 Å². The molecule has 3 unspecified atom stereocenters. The maximum absolute atomic E-state index is 11.6. The first-order chi connectivity index (χ1) is 6.13. The van der Waals surface area contributed by atoms with Gasteiger partial charge in [0.15, 0.2) is 0 Å². The van der Waals surface area contributed by atoms with Gasteiger partial charge in [-0.05, 0) is 12.3 Å². The maximum Gasteiger partial charge on any atom is 0.242 e. The summed E-state index contributed by atoms with van der Waals surface area (Å²) in [6.07, 6.45) is 4.76. The summed E-state index contributed by atoms with van der Waals surface area (Å²) in [5, 5.41) is 0. The smallest absolute Gasteiger partial charge is 0.242 e. The predicted octanol–water partition coefficient (Wildman–Crippen LogP) is 1.53. The molecule has 4 heteroatoms. The summed E-state index contributed by atoms with van der Waals surface area (Å²) in [5.74, 6) is -0.0342. The first-order valence-electron chi connectivity index (χ1n) is 4.33. The molecule has 3 nitrogen and oxygen atoms in total. The Balaban J connectivity index is 2.36. The zero-order chi connectivity index (χ0) is 9.59. The second kappa shape index (κ2) is 3.08. The van der Waals surface area contributed by atoms with Crippen molar-refractivity contribution in [1.29, 1.82) is 0 Å². The van der Waals surface area contributed by atoms with Gasteiger partial charge < -0.3 is 0 Å². The van der Waals surface area contributed by atoms with Crippen LogP contribution in [0, 0.1) is 17.8 Å². The highest BCUT2D eigenvalue weighted by atomic mass is 127. The average molecular weight is 291 g/mol. The molecule has 1 saturated heterocycles. The standard InChI is InChI=1S/C9H10INO2/c1-5-3-2-4-6-7(5)9(13)11(10)8(6)12/h2-3,5-7H,4H2,1H3. The molecule has 2 rings (SSSR count). The number of rotatable bonds is 0. The summed E-state index contributed by atoms with van der Waals surface area (Å²) < 4.78 is 1.25. The van der Waals surface area contributed by atoms with Crippen molar-refractivity contribution in [2.24, 2.45) is 17.8 Å². The Bertz CT molecular complexity index is 300. The van der Waals surface area contributed by atoms with E-state index in [1.807, 2.05) is 19.1 Å². The van der Waals surface area contributed by atoms with Crippen LogP contribution in [0.1, 0.15) is 13.3 Å². The van der Waals surface area contributed by atoms with Gasteiger partial charge in [0.05, 0.1) is 34.7 Å². The predicted molar refractivity (Wildman–Crippen MR) is 55.8 cm³/mol. The lowest BCUT2D eigenvalue weighted by molar-refractivity contribution is -0.132. The zero-order valence-corrected chi connectivity index (χ0v) is 9.39. The van der Waals surface area contributed by atoms with Crippen LogP contribution in [0.4, 0.5) is 0 Å². The molecule has 0 spiro atoms. The molecular formula is C9H10INO2. The van der Waals surface area contributed by atoms with Crippen molar-refractivity contribution >= 4 is 34.7 Å². The van der Waals surface area contributed by atoms with Gasteiger partial charge in [0.25, 0.3) is 0 Å². The molecule has 1 fully saturated rings. The third-order valence-corrected chi connectivity index (χ3v) is 3.77. The normalized spacial score (nSPS) is 38.3. The van der Waals surface area contributed by atoms with Gasteiger partial charge in [-0.25, -0.2) is 3.11 Å². The molecule has 13 heavy (non-hydrogen) atoms. The second-order valence-electron chi connectivity index (χ2n) is 3.61. The van der Waals surface area contributed by atoms with Crippen LogP contribution in [0.25, 0.3) is 0 Å². The van der Waals surface area contributed by atoms with Crippen molar-refractivity contribution < 1.29 is 9.59 Å². The van der Waals surface area contributed by atoms with E-state index in [0.717, 1.165) is 6.42 Å². The van der Waals surface area contributed by atoms with E-state index in [4.69, 9.17) is 0 Å². The monoisotopic (exact) mass is 291 g/mol. The topological polar surface area (TPSA) is 37.4 Å². The highest BCUT2D eigenvalue weighted by molar-refractivity contribution is 14.1. The average Bonchev–Trinajstić information content (AvgIpc) is 2.33. The van der Waals surface area contributed by atoms with Crippen LogP contribution in [-0.2, 0) is 9.59 Å². The molecule has 70 valence electrons. The Kier molecular flexibility index (Phi) is 2.17. The van der Waals surface area contributed by atoms with Crippen molar-refractivity contribution in [3.8, 4) is 0 Å². The molecule has 0 bridgehead atoms. The maximum atomic E-state index is 11.6. The summed E-state index contributed by atoms with van der Waals surface area (Å²) in [7, 11) is 0. The lowest BCUT2D eigenvalue weighted by atomic mass is 9.78. The van der Waals surface area contributed by atoms with Gasteiger partial charge >= 0.3 is 0 Å². The first-order valence-corrected chi connectivity index (χ1v) is 5.29. The van der Waals surface area contributed by atoms with Gasteiger partial charge in [0, 0.05) is 0 Å². The number of imide groups is 1. The van der Waals surface area contributed by atoms with Crippen LogP contribution in [0.15, 0.2) is 12.2 Å². The van der Waals surface area contributed by atoms with E-state index >= 15 is 0 Å². The van der Waals surface area contributed by atoms with Crippen LogP contribution in [0.3, 0.4) is 0 Å². The van der Waals surface area contributed by atoms with Crippen molar-refractivity contribution in [1.82, 2.24) is 3.11 Å². The molecule has 0 aromatic heterocycles. The Morgan fingerprint density at radius 1 is 1.46 bits per heavy atom. The zero-order valence-electron chi connectivity index (χ0n) is 7.24. The number of nitrogens with zero attached hydrogens (tertiary/aromatic N) is 1. The lowest BCUT2D eigenvalue weighted by Crippen LogP contribution is -2.26. The number of halogens is 1. The summed E-state index contributed by atoms with van der Waals surface area (Å²) in [6, 6.07) is 0. The molecule has 3 atom stereocenters. The molecule has 1 aliphatic carbocycles. The van der Waals surface area contributed by atoms with Crippen LogP contribution in [0.5, 0.6) is 0 Å². The summed E-state index contributed by atoms with van der Waals surface area (Å²) in [4.78, 5) is 23.2. The van der Waals surface area contributed by atoms with Crippen molar-refractivity contribution in [3.05, 3.63) is 12.2 Å². The van der Waals surface area contributed by atoms with E-state index in [9.17, 15) is 9.59 Å². The minimum Gasteiger partial charge on any atom is -0.273 e. The number of allylic oxidation sites excluding steroid dienone is 2. The quantitative estimate of drug-likeness (QED) is 0.294. The molecule has 2 aliphatic rings. The van der Waals surface area contributed by atoms with Crippen LogP contribution < -0.4 is 0 Å². The van der Waals surface area contributed by atoms with Crippen molar-refractivity contribution in [2.45, 2.75) is 13.3 Å². The molecule has 1 aliphatic heterocycles. The Morgan fingerprint density at radius 2 is 2.15 bits per heavy atom. The van der Waals surface area contributed by atoms with E-state index in [1.54, 1.807) is 22.9 Å². The van der Waals surface area contributed by atoms with Gasteiger partial charge in [0.1, 0.15) is 0 Å². The minimum absolute atomic E-state index is 0.0209. The first kappa shape index (κ1) is 9.18. The number of amides is 2. The lowest BCUT2D eigenvalue weighted by Gasteiger charge is -2.22. The minimum atomic E-state index is -0.102. The van der Waals surface area contributed by atoms with Crippen molar-refractivity contribution in [3.63, 3.8) is 0 Å². The second-order valence-corrected chi connectivity index (χ2v) is 4.58. The number of hydrogen-bond donors (Lipinski definition) is 0. The summed E-state index contributed by atoms with van der Waals surface area (Å²) >= 11 is 1.81. The van der Waals surface area contributed by atoms with Gasteiger partial charge in [-0.3, -0.25) is 9.59 Å². The van der Waals surface area contributed by atoms with E-state index in [-0.39, 0.29) is 29.6 Å². The third kappa shape index (κ3) is 1.22. The van der Waals surface area contributed by atoms with E-state index < -0.39 is 0 Å². The van der Waals surface area contributed by atoms with E-state index in [2.05, 4.69) is 0 Å². The number of carbonyl (C=O) groups excluding carboxylic acids is 2. The Morgan fingerprint density at radius 3 is 2.77 bits per heavy atom. The highest BCUT2D eigenvalue weighted by Gasteiger charge is 2.49. The Labute approximate surface area is 90.7 Å². The van der Waals surface area contributed by atoms with Gasteiger partial charge in [-0.15, -0.1) is 0 Å². The number of carbonyl (C=O) groups is 2. The van der Waals surface area contributed by atoms with Crippen molar-refractivity contribution in [2.75, 3.05) is 0 Å². The molecular weight excluding hydrogens is 281 g/mol. The van der Waals surface area contributed by atoms with Gasteiger partial charge in [-0.2, -0.15) is 0 Å². The molecule has 0 radical (unpaired) electrons. The van der Waals surface area contributed by atoms with Gasteiger partial charge in [-0.1, -0.05) is 19.1 Å². The summed E-state index contributed by atoms with van der Waals surface area (Å²) in [6.45, 7) is 1.99. The fraction of sp³-hybridized carbons (Fsp3) is 0.556. The van der Waals surface area contributed by atoms with Crippen LogP contribution in [0.2, 0.25) is 0 Å². The fourth-order valence-electron chi connectivity index (χ4n) is 2.11. The summed E-state index contributed by atoms with van der Waals surface area (Å²) in [5.41, 5.74) is 0. The molecule has 0 aromatic carbocycles. The fourth-order valence-corrected chi connectivity index (χ4v) is 2.79. The largest absolute Gasteiger partial charge is 0.273 e. The SMILES string of the molecule is CC1C=CCC2C(=O)N(I)C(=O)C12. The van der Waals surface area contributed by atoms with Gasteiger partial charge in [0.2, 0.25) is 11.8 Å². The molecule has 1 heterocycles. The number of fused-ring (bicyclic) bond motifs is 1. The molecule has 0 saturated carbocycles. The number of hydrogen-bond acceptors (Lipinski definition) is 2. The molecule has 0 aromatic rings. The molecule has 0 N–H and O–H groups in total. The Hall–Kier alpha value is -0.390. The van der Waals surface area contributed by atoms with Crippen LogP contribution >= 0.6 is 22.9 Å². The van der Waals surface area contributed by atoms with E-state index in [0.29, 0.717) is 0 Å². The highest BCUT2D eigenvalue weighted by Crippen LogP contribution is 2.39.